The summed E-state index contributed by atoms with van der Waals surface area (Å²) in [5.74, 6) is 0.0243. The summed E-state index contributed by atoms with van der Waals surface area (Å²) in [5.41, 5.74) is 1.85. The van der Waals surface area contributed by atoms with Gasteiger partial charge >= 0.3 is 0 Å². The minimum absolute atomic E-state index is 0.0243. The van der Waals surface area contributed by atoms with E-state index in [1.54, 1.807) is 17.5 Å². The molecule has 0 atom stereocenters. The molecule has 0 bridgehead atoms. The molecule has 0 aliphatic rings. The molecular formula is C12H12N2OS. The summed E-state index contributed by atoms with van der Waals surface area (Å²) in [6, 6.07) is 7.72. The lowest BCUT2D eigenvalue weighted by molar-refractivity contribution is -0.115. The second-order valence-corrected chi connectivity index (χ2v) is 4.21. The molecule has 1 aromatic heterocycles. The fourth-order valence-electron chi connectivity index (χ4n) is 1.35. The average Bonchev–Trinajstić information content (AvgIpc) is 2.83. The second kappa shape index (κ2) is 4.90. The van der Waals surface area contributed by atoms with Crippen molar-refractivity contribution >= 4 is 22.9 Å². The van der Waals surface area contributed by atoms with Crippen LogP contribution < -0.4 is 5.32 Å². The zero-order chi connectivity index (χ0) is 11.4. The number of carbonyl (C=O) groups is 1. The van der Waals surface area contributed by atoms with Crippen LogP contribution in [0.2, 0.25) is 0 Å². The van der Waals surface area contributed by atoms with E-state index in [0.29, 0.717) is 6.42 Å². The minimum Gasteiger partial charge on any atom is -0.326 e. The Balaban J connectivity index is 2.23. The lowest BCUT2D eigenvalue weighted by Gasteiger charge is -2.04. The van der Waals surface area contributed by atoms with E-state index in [1.165, 1.54) is 0 Å². The largest absolute Gasteiger partial charge is 0.326 e. The molecular weight excluding hydrogens is 220 g/mol. The zero-order valence-corrected chi connectivity index (χ0v) is 9.75. The van der Waals surface area contributed by atoms with Gasteiger partial charge in [-0.15, -0.1) is 11.3 Å². The highest BCUT2D eigenvalue weighted by Gasteiger charge is 2.03. The van der Waals surface area contributed by atoms with E-state index in [2.05, 4.69) is 10.3 Å². The van der Waals surface area contributed by atoms with E-state index in [9.17, 15) is 4.79 Å². The molecule has 0 saturated heterocycles. The number of benzene rings is 1. The third kappa shape index (κ3) is 2.46. The topological polar surface area (TPSA) is 42.0 Å². The first-order valence-electron chi connectivity index (χ1n) is 5.09. The molecule has 82 valence electrons. The Morgan fingerprint density at radius 3 is 3.06 bits per heavy atom. The molecule has 0 radical (unpaired) electrons. The van der Waals surface area contributed by atoms with E-state index < -0.39 is 0 Å². The number of amides is 1. The van der Waals surface area contributed by atoms with Crippen molar-refractivity contribution in [3.63, 3.8) is 0 Å². The Kier molecular flexibility index (Phi) is 3.31. The Morgan fingerprint density at radius 2 is 2.38 bits per heavy atom. The lowest BCUT2D eigenvalue weighted by atomic mass is 10.2. The van der Waals surface area contributed by atoms with Crippen molar-refractivity contribution in [2.24, 2.45) is 0 Å². The van der Waals surface area contributed by atoms with Crippen molar-refractivity contribution in [1.29, 1.82) is 0 Å². The van der Waals surface area contributed by atoms with Crippen LogP contribution in [0.25, 0.3) is 10.6 Å². The lowest BCUT2D eigenvalue weighted by Crippen LogP contribution is -2.09. The molecule has 0 spiro atoms. The summed E-state index contributed by atoms with van der Waals surface area (Å²) in [4.78, 5) is 15.5. The van der Waals surface area contributed by atoms with Crippen LogP contribution in [0.15, 0.2) is 35.8 Å². The van der Waals surface area contributed by atoms with Gasteiger partial charge in [0.05, 0.1) is 0 Å². The van der Waals surface area contributed by atoms with E-state index in [-0.39, 0.29) is 5.91 Å². The molecule has 1 N–H and O–H groups in total. The summed E-state index contributed by atoms with van der Waals surface area (Å²) < 4.78 is 0. The minimum atomic E-state index is 0.0243. The van der Waals surface area contributed by atoms with Gasteiger partial charge in [0.1, 0.15) is 5.01 Å². The van der Waals surface area contributed by atoms with E-state index >= 15 is 0 Å². The van der Waals surface area contributed by atoms with Crippen LogP contribution in [0.1, 0.15) is 13.3 Å². The highest BCUT2D eigenvalue weighted by Crippen LogP contribution is 2.24. The van der Waals surface area contributed by atoms with Gasteiger partial charge in [-0.3, -0.25) is 4.79 Å². The van der Waals surface area contributed by atoms with Gasteiger partial charge in [-0.1, -0.05) is 19.1 Å². The van der Waals surface area contributed by atoms with Gasteiger partial charge in [-0.25, -0.2) is 4.98 Å². The van der Waals surface area contributed by atoms with E-state index in [0.717, 1.165) is 16.3 Å². The molecule has 2 rings (SSSR count). The first-order valence-corrected chi connectivity index (χ1v) is 5.97. The third-order valence-corrected chi connectivity index (χ3v) is 2.97. The van der Waals surface area contributed by atoms with Gasteiger partial charge in [0.15, 0.2) is 0 Å². The smallest absolute Gasteiger partial charge is 0.224 e. The number of hydrogen-bond donors (Lipinski definition) is 1. The van der Waals surface area contributed by atoms with Crippen LogP contribution in [0.5, 0.6) is 0 Å². The van der Waals surface area contributed by atoms with E-state index in [4.69, 9.17) is 0 Å². The molecule has 2 aromatic rings. The monoisotopic (exact) mass is 232 g/mol. The first kappa shape index (κ1) is 10.8. The van der Waals surface area contributed by atoms with Crippen molar-refractivity contribution < 1.29 is 4.79 Å². The Morgan fingerprint density at radius 1 is 1.50 bits per heavy atom. The summed E-state index contributed by atoms with van der Waals surface area (Å²) in [6.45, 7) is 1.83. The van der Waals surface area contributed by atoms with Crippen molar-refractivity contribution in [3.8, 4) is 10.6 Å². The number of rotatable bonds is 3. The van der Waals surface area contributed by atoms with Gasteiger partial charge in [0.2, 0.25) is 5.91 Å². The molecule has 16 heavy (non-hydrogen) atoms. The number of anilines is 1. The number of thiazole rings is 1. The highest BCUT2D eigenvalue weighted by atomic mass is 32.1. The predicted molar refractivity (Wildman–Crippen MR) is 66.5 cm³/mol. The van der Waals surface area contributed by atoms with Gasteiger partial charge in [-0.05, 0) is 12.1 Å². The van der Waals surface area contributed by atoms with Gasteiger partial charge in [-0.2, -0.15) is 0 Å². The summed E-state index contributed by atoms with van der Waals surface area (Å²) >= 11 is 1.59. The number of hydrogen-bond acceptors (Lipinski definition) is 3. The maximum absolute atomic E-state index is 11.3. The molecule has 1 aromatic carbocycles. The number of nitrogens with one attached hydrogen (secondary N) is 1. The molecule has 1 heterocycles. The Bertz CT molecular complexity index is 480. The number of nitrogens with zero attached hydrogens (tertiary/aromatic N) is 1. The van der Waals surface area contributed by atoms with Crippen LogP contribution in [0.3, 0.4) is 0 Å². The zero-order valence-electron chi connectivity index (χ0n) is 8.93. The molecule has 0 fully saturated rings. The van der Waals surface area contributed by atoms with Crippen molar-refractivity contribution in [1.82, 2.24) is 4.98 Å². The van der Waals surface area contributed by atoms with Gasteiger partial charge in [0, 0.05) is 29.2 Å². The van der Waals surface area contributed by atoms with Crippen LogP contribution in [-0.4, -0.2) is 10.9 Å². The van der Waals surface area contributed by atoms with Gasteiger partial charge in [0.25, 0.3) is 0 Å². The summed E-state index contributed by atoms with van der Waals surface area (Å²) in [5, 5.41) is 5.73. The van der Waals surface area contributed by atoms with Crippen molar-refractivity contribution in [3.05, 3.63) is 35.8 Å². The summed E-state index contributed by atoms with van der Waals surface area (Å²) in [7, 11) is 0. The fourth-order valence-corrected chi connectivity index (χ4v) is 1.98. The maximum Gasteiger partial charge on any atom is 0.224 e. The number of carbonyl (C=O) groups excluding carboxylic acids is 1. The molecule has 3 nitrogen and oxygen atoms in total. The van der Waals surface area contributed by atoms with Crippen molar-refractivity contribution in [2.75, 3.05) is 5.32 Å². The van der Waals surface area contributed by atoms with Crippen LogP contribution >= 0.6 is 11.3 Å². The molecule has 0 unspecified atom stereocenters. The third-order valence-electron chi connectivity index (χ3n) is 2.15. The molecule has 0 saturated carbocycles. The SMILES string of the molecule is CCC(=O)Nc1cccc(-c2nccs2)c1. The molecule has 4 heteroatoms. The quantitative estimate of drug-likeness (QED) is 0.883. The highest BCUT2D eigenvalue weighted by molar-refractivity contribution is 7.13. The number of aromatic nitrogens is 1. The average molecular weight is 232 g/mol. The first-order chi connectivity index (χ1) is 7.79. The standard InChI is InChI=1S/C12H12N2OS/c1-2-11(15)14-10-5-3-4-9(8-10)12-13-6-7-16-12/h3-8H,2H2,1H3,(H,14,15). The van der Waals surface area contributed by atoms with Crippen LogP contribution in [0, 0.1) is 0 Å². The molecule has 0 aliphatic carbocycles. The van der Waals surface area contributed by atoms with Gasteiger partial charge < -0.3 is 5.32 Å². The second-order valence-electron chi connectivity index (χ2n) is 3.32. The Labute approximate surface area is 98.2 Å². The van der Waals surface area contributed by atoms with Crippen LogP contribution in [0.4, 0.5) is 5.69 Å². The van der Waals surface area contributed by atoms with E-state index in [1.807, 2.05) is 36.6 Å². The maximum atomic E-state index is 11.3. The summed E-state index contributed by atoms with van der Waals surface area (Å²) in [6.07, 6.45) is 2.26. The predicted octanol–water partition coefficient (Wildman–Crippen LogP) is 3.16. The Hall–Kier alpha value is -1.68. The molecule has 0 aliphatic heterocycles. The fraction of sp³-hybridized carbons (Fsp3) is 0.167. The van der Waals surface area contributed by atoms with Crippen LogP contribution in [-0.2, 0) is 4.79 Å². The normalized spacial score (nSPS) is 10.1. The van der Waals surface area contributed by atoms with Crippen molar-refractivity contribution in [2.45, 2.75) is 13.3 Å². The molecule has 1 amide bonds.